The molecule has 0 bridgehead atoms. The molecule has 0 unspecified atom stereocenters. The molecule has 1 aromatic rings. The number of halogens is 1. The first-order chi connectivity index (χ1) is 8.41. The third-order valence-corrected chi connectivity index (χ3v) is 2.27. The molecule has 0 aliphatic heterocycles. The minimum Gasteiger partial charge on any atom is -0.480 e. The van der Waals surface area contributed by atoms with Gasteiger partial charge < -0.3 is 5.11 Å². The van der Waals surface area contributed by atoms with Crippen LogP contribution in [-0.4, -0.2) is 34.3 Å². The lowest BCUT2D eigenvalue weighted by atomic mass is 10.1. The van der Waals surface area contributed by atoms with Crippen molar-refractivity contribution in [3.05, 3.63) is 35.6 Å². The van der Waals surface area contributed by atoms with Gasteiger partial charge in [-0.3, -0.25) is 19.3 Å². The fourth-order valence-electron chi connectivity index (χ4n) is 1.41. The Labute approximate surface area is 103 Å². The molecule has 1 N–H and O–H groups in total. The molecular weight excluding hydrogens is 241 g/mol. The molecule has 0 spiro atoms. The van der Waals surface area contributed by atoms with Crippen LogP contribution in [0.5, 0.6) is 0 Å². The number of carboxylic acids is 1. The molecule has 0 atom stereocenters. The van der Waals surface area contributed by atoms with Crippen molar-refractivity contribution in [2.75, 3.05) is 6.54 Å². The highest BCUT2D eigenvalue weighted by Crippen LogP contribution is 2.09. The van der Waals surface area contributed by atoms with E-state index in [0.717, 1.165) is 6.92 Å². The lowest BCUT2D eigenvalue weighted by Gasteiger charge is -2.16. The van der Waals surface area contributed by atoms with E-state index < -0.39 is 30.1 Å². The first-order valence-corrected chi connectivity index (χ1v) is 5.18. The van der Waals surface area contributed by atoms with Crippen molar-refractivity contribution in [2.24, 2.45) is 0 Å². The molecule has 0 heterocycles. The molecule has 1 rings (SSSR count). The maximum absolute atomic E-state index is 13.3. The number of rotatable bonds is 4. The second-order valence-corrected chi connectivity index (χ2v) is 3.66. The smallest absolute Gasteiger partial charge is 0.323 e. The van der Waals surface area contributed by atoms with Crippen LogP contribution in [0.15, 0.2) is 24.3 Å². The molecule has 18 heavy (non-hydrogen) atoms. The number of imide groups is 1. The molecule has 0 saturated heterocycles. The van der Waals surface area contributed by atoms with Crippen molar-refractivity contribution in [3.63, 3.8) is 0 Å². The number of nitrogens with zero attached hydrogens (tertiary/aromatic N) is 1. The fraction of sp³-hybridized carbons (Fsp3) is 0.250. The zero-order chi connectivity index (χ0) is 13.7. The van der Waals surface area contributed by atoms with Crippen molar-refractivity contribution in [2.45, 2.75) is 13.3 Å². The number of hydrogen-bond donors (Lipinski definition) is 1. The highest BCUT2D eigenvalue weighted by atomic mass is 19.1. The van der Waals surface area contributed by atoms with E-state index >= 15 is 0 Å². The van der Waals surface area contributed by atoms with E-state index in [9.17, 15) is 18.8 Å². The molecule has 2 amide bonds. The summed E-state index contributed by atoms with van der Waals surface area (Å²) in [6.45, 7) is 0.366. The van der Waals surface area contributed by atoms with Gasteiger partial charge in [-0.25, -0.2) is 4.39 Å². The van der Waals surface area contributed by atoms with Gasteiger partial charge in [-0.1, -0.05) is 18.2 Å². The van der Waals surface area contributed by atoms with Crippen molar-refractivity contribution in [1.82, 2.24) is 4.90 Å². The highest BCUT2D eigenvalue weighted by Gasteiger charge is 2.21. The van der Waals surface area contributed by atoms with Gasteiger partial charge in [0.2, 0.25) is 11.8 Å². The van der Waals surface area contributed by atoms with E-state index in [0.29, 0.717) is 4.90 Å². The summed E-state index contributed by atoms with van der Waals surface area (Å²) in [5.41, 5.74) is 0.124. The van der Waals surface area contributed by atoms with Crippen LogP contribution < -0.4 is 0 Å². The van der Waals surface area contributed by atoms with E-state index in [-0.39, 0.29) is 12.0 Å². The van der Waals surface area contributed by atoms with Crippen LogP contribution in [0.4, 0.5) is 4.39 Å². The molecule has 6 heteroatoms. The van der Waals surface area contributed by atoms with Gasteiger partial charge in [0.1, 0.15) is 12.4 Å². The maximum Gasteiger partial charge on any atom is 0.323 e. The molecule has 5 nitrogen and oxygen atoms in total. The van der Waals surface area contributed by atoms with Crippen molar-refractivity contribution in [1.29, 1.82) is 0 Å². The molecule has 1 aromatic carbocycles. The number of benzene rings is 1. The van der Waals surface area contributed by atoms with Crippen LogP contribution >= 0.6 is 0 Å². The van der Waals surface area contributed by atoms with Crippen LogP contribution in [0.25, 0.3) is 0 Å². The average molecular weight is 253 g/mol. The van der Waals surface area contributed by atoms with Gasteiger partial charge >= 0.3 is 5.97 Å². The lowest BCUT2D eigenvalue weighted by Crippen LogP contribution is -2.40. The Bertz CT molecular complexity index is 487. The summed E-state index contributed by atoms with van der Waals surface area (Å²) in [5.74, 6) is -3.29. The van der Waals surface area contributed by atoms with Gasteiger partial charge in [0, 0.05) is 6.92 Å². The third-order valence-electron chi connectivity index (χ3n) is 2.27. The number of carbonyl (C=O) groups excluding carboxylic acids is 2. The molecular formula is C12H12FNO4. The topological polar surface area (TPSA) is 74.7 Å². The van der Waals surface area contributed by atoms with Crippen LogP contribution in [-0.2, 0) is 20.8 Å². The van der Waals surface area contributed by atoms with E-state index in [4.69, 9.17) is 5.11 Å². The molecule has 0 aliphatic rings. The highest BCUT2D eigenvalue weighted by molar-refractivity contribution is 5.97. The Hall–Kier alpha value is -2.24. The minimum absolute atomic E-state index is 0.124. The predicted octanol–water partition coefficient (Wildman–Crippen LogP) is 0.828. The quantitative estimate of drug-likeness (QED) is 0.862. The summed E-state index contributed by atoms with van der Waals surface area (Å²) >= 11 is 0. The largest absolute Gasteiger partial charge is 0.480 e. The maximum atomic E-state index is 13.3. The monoisotopic (exact) mass is 253 g/mol. The zero-order valence-electron chi connectivity index (χ0n) is 9.72. The Kier molecular flexibility index (Phi) is 4.53. The Morgan fingerprint density at radius 1 is 1.28 bits per heavy atom. The standard InChI is InChI=1S/C12H12FNO4/c1-8(15)14(7-12(17)18)11(16)6-9-4-2-3-5-10(9)13/h2-5H,6-7H2,1H3,(H,17,18). The predicted molar refractivity (Wildman–Crippen MR) is 60.1 cm³/mol. The summed E-state index contributed by atoms with van der Waals surface area (Å²) in [6.07, 6.45) is -0.348. The summed E-state index contributed by atoms with van der Waals surface area (Å²) in [6, 6.07) is 5.63. The SMILES string of the molecule is CC(=O)N(CC(=O)O)C(=O)Cc1ccccc1F. The average Bonchev–Trinajstić information content (AvgIpc) is 2.28. The second-order valence-electron chi connectivity index (χ2n) is 3.66. The number of carbonyl (C=O) groups is 3. The number of carboxylic acid groups (broad SMARTS) is 1. The summed E-state index contributed by atoms with van der Waals surface area (Å²) in [5, 5.41) is 8.58. The van der Waals surface area contributed by atoms with Gasteiger partial charge in [-0.2, -0.15) is 0 Å². The van der Waals surface area contributed by atoms with Gasteiger partial charge in [-0.15, -0.1) is 0 Å². The first-order valence-electron chi connectivity index (χ1n) is 5.18. The van der Waals surface area contributed by atoms with Crippen LogP contribution in [0.1, 0.15) is 12.5 Å². The molecule has 0 radical (unpaired) electrons. The molecule has 0 saturated carbocycles. The molecule has 0 aromatic heterocycles. The van der Waals surface area contributed by atoms with E-state index in [2.05, 4.69) is 0 Å². The fourth-order valence-corrected chi connectivity index (χ4v) is 1.41. The third kappa shape index (κ3) is 3.65. The second kappa shape index (κ2) is 5.90. The van der Waals surface area contributed by atoms with Crippen LogP contribution in [0.3, 0.4) is 0 Å². The summed E-state index contributed by atoms with van der Waals surface area (Å²) in [4.78, 5) is 34.0. The van der Waals surface area contributed by atoms with Gasteiger partial charge in [-0.05, 0) is 11.6 Å². The van der Waals surface area contributed by atoms with Crippen LogP contribution in [0, 0.1) is 5.82 Å². The van der Waals surface area contributed by atoms with E-state index in [1.54, 1.807) is 6.07 Å². The van der Waals surface area contributed by atoms with Crippen molar-refractivity contribution < 1.29 is 23.9 Å². The first kappa shape index (κ1) is 13.8. The van der Waals surface area contributed by atoms with Gasteiger partial charge in [0.15, 0.2) is 0 Å². The molecule has 96 valence electrons. The molecule has 0 aliphatic carbocycles. The van der Waals surface area contributed by atoms with Crippen molar-refractivity contribution >= 4 is 17.8 Å². The number of amides is 2. The Morgan fingerprint density at radius 3 is 2.39 bits per heavy atom. The van der Waals surface area contributed by atoms with Crippen molar-refractivity contribution in [3.8, 4) is 0 Å². The Morgan fingerprint density at radius 2 is 1.89 bits per heavy atom. The summed E-state index contributed by atoms with van der Waals surface area (Å²) < 4.78 is 13.3. The van der Waals surface area contributed by atoms with E-state index in [1.807, 2.05) is 0 Å². The molecule has 0 fully saturated rings. The normalized spacial score (nSPS) is 9.89. The van der Waals surface area contributed by atoms with Crippen LogP contribution in [0.2, 0.25) is 0 Å². The van der Waals surface area contributed by atoms with E-state index in [1.165, 1.54) is 18.2 Å². The summed E-state index contributed by atoms with van der Waals surface area (Å²) in [7, 11) is 0. The zero-order valence-corrected chi connectivity index (χ0v) is 9.72. The lowest BCUT2D eigenvalue weighted by molar-refractivity contribution is -0.151. The number of hydrogen-bond acceptors (Lipinski definition) is 3. The minimum atomic E-state index is -1.30. The van der Waals surface area contributed by atoms with Gasteiger partial charge in [0.05, 0.1) is 6.42 Å². The number of aliphatic carboxylic acids is 1. The Balaban J connectivity index is 2.82. The van der Waals surface area contributed by atoms with Gasteiger partial charge in [0.25, 0.3) is 0 Å².